The van der Waals surface area contributed by atoms with Crippen LogP contribution in [0.1, 0.15) is 38.2 Å². The zero-order valence-corrected chi connectivity index (χ0v) is 9.39. The highest BCUT2D eigenvalue weighted by atomic mass is 35.5. The summed E-state index contributed by atoms with van der Waals surface area (Å²) in [4.78, 5) is 0. The molecule has 0 aliphatic heterocycles. The SMILES string of the molecule is CCCC(Cl)C(C)c1ccccc1F. The minimum atomic E-state index is -0.151. The van der Waals surface area contributed by atoms with Crippen LogP contribution in [0.15, 0.2) is 24.3 Å². The van der Waals surface area contributed by atoms with E-state index in [2.05, 4.69) is 6.92 Å². The lowest BCUT2D eigenvalue weighted by Gasteiger charge is -2.18. The van der Waals surface area contributed by atoms with Gasteiger partial charge in [-0.1, -0.05) is 38.5 Å². The van der Waals surface area contributed by atoms with Crippen LogP contribution in [-0.2, 0) is 0 Å². The van der Waals surface area contributed by atoms with E-state index in [4.69, 9.17) is 11.6 Å². The Morgan fingerprint density at radius 2 is 2.00 bits per heavy atom. The molecule has 0 fully saturated rings. The van der Waals surface area contributed by atoms with Crippen molar-refractivity contribution in [3.05, 3.63) is 35.6 Å². The molecule has 0 amide bonds. The van der Waals surface area contributed by atoms with Crippen LogP contribution < -0.4 is 0 Å². The molecule has 0 saturated heterocycles. The van der Waals surface area contributed by atoms with Crippen molar-refractivity contribution < 1.29 is 4.39 Å². The summed E-state index contributed by atoms with van der Waals surface area (Å²) < 4.78 is 13.4. The van der Waals surface area contributed by atoms with Crippen LogP contribution in [0.5, 0.6) is 0 Å². The molecule has 1 aromatic rings. The van der Waals surface area contributed by atoms with Crippen LogP contribution in [0.3, 0.4) is 0 Å². The van der Waals surface area contributed by atoms with Gasteiger partial charge in [0.1, 0.15) is 5.82 Å². The minimum absolute atomic E-state index is 0.0249. The number of alkyl halides is 1. The predicted octanol–water partition coefficient (Wildman–Crippen LogP) is 4.34. The van der Waals surface area contributed by atoms with E-state index in [1.54, 1.807) is 6.07 Å². The molecule has 14 heavy (non-hydrogen) atoms. The van der Waals surface area contributed by atoms with Crippen molar-refractivity contribution in [3.63, 3.8) is 0 Å². The van der Waals surface area contributed by atoms with Gasteiger partial charge in [-0.3, -0.25) is 0 Å². The van der Waals surface area contributed by atoms with Crippen molar-refractivity contribution >= 4 is 11.6 Å². The smallest absolute Gasteiger partial charge is 0.126 e. The lowest BCUT2D eigenvalue weighted by Crippen LogP contribution is -2.10. The summed E-state index contributed by atoms with van der Waals surface area (Å²) in [6.45, 7) is 4.06. The second-order valence-electron chi connectivity index (χ2n) is 3.61. The van der Waals surface area contributed by atoms with E-state index in [0.29, 0.717) is 0 Å². The Hall–Kier alpha value is -0.560. The van der Waals surface area contributed by atoms with Crippen LogP contribution in [0.4, 0.5) is 4.39 Å². The number of hydrogen-bond donors (Lipinski definition) is 0. The highest BCUT2D eigenvalue weighted by molar-refractivity contribution is 6.21. The Morgan fingerprint density at radius 3 is 2.57 bits per heavy atom. The normalized spacial score (nSPS) is 15.1. The van der Waals surface area contributed by atoms with Crippen LogP contribution in [0, 0.1) is 5.82 Å². The van der Waals surface area contributed by atoms with Gasteiger partial charge in [0, 0.05) is 11.3 Å². The maximum atomic E-state index is 13.4. The summed E-state index contributed by atoms with van der Waals surface area (Å²) in [6, 6.07) is 6.85. The molecule has 0 heterocycles. The number of benzene rings is 1. The third-order valence-electron chi connectivity index (χ3n) is 2.50. The van der Waals surface area contributed by atoms with E-state index in [0.717, 1.165) is 18.4 Å². The predicted molar refractivity (Wildman–Crippen MR) is 59.4 cm³/mol. The standard InChI is InChI=1S/C12H16ClF/c1-3-6-11(13)9(2)10-7-4-5-8-12(10)14/h4-5,7-9,11H,3,6H2,1-2H3. The second kappa shape index (κ2) is 5.35. The monoisotopic (exact) mass is 214 g/mol. The van der Waals surface area contributed by atoms with Gasteiger partial charge in [0.25, 0.3) is 0 Å². The van der Waals surface area contributed by atoms with Gasteiger partial charge in [-0.2, -0.15) is 0 Å². The third-order valence-corrected chi connectivity index (χ3v) is 3.10. The van der Waals surface area contributed by atoms with Crippen molar-refractivity contribution in [1.82, 2.24) is 0 Å². The molecule has 0 bridgehead atoms. The first-order valence-electron chi connectivity index (χ1n) is 5.05. The highest BCUT2D eigenvalue weighted by Gasteiger charge is 2.18. The van der Waals surface area contributed by atoms with Crippen LogP contribution in [-0.4, -0.2) is 5.38 Å². The molecule has 2 unspecified atom stereocenters. The second-order valence-corrected chi connectivity index (χ2v) is 4.18. The van der Waals surface area contributed by atoms with E-state index in [1.165, 1.54) is 6.07 Å². The molecule has 0 aliphatic carbocycles. The van der Waals surface area contributed by atoms with Gasteiger partial charge in [-0.15, -0.1) is 11.6 Å². The average molecular weight is 215 g/mol. The summed E-state index contributed by atoms with van der Waals surface area (Å²) in [5, 5.41) is 0.0249. The number of hydrogen-bond acceptors (Lipinski definition) is 0. The van der Waals surface area contributed by atoms with Crippen molar-refractivity contribution in [1.29, 1.82) is 0 Å². The Bertz CT molecular complexity index is 285. The van der Waals surface area contributed by atoms with Crippen molar-refractivity contribution in [3.8, 4) is 0 Å². The molecule has 2 heteroatoms. The molecule has 2 atom stereocenters. The summed E-state index contributed by atoms with van der Waals surface area (Å²) in [6.07, 6.45) is 1.96. The van der Waals surface area contributed by atoms with Gasteiger partial charge in [0.2, 0.25) is 0 Å². The maximum absolute atomic E-state index is 13.4. The summed E-state index contributed by atoms with van der Waals surface area (Å²) in [7, 11) is 0. The van der Waals surface area contributed by atoms with Gasteiger partial charge >= 0.3 is 0 Å². The topological polar surface area (TPSA) is 0 Å². The van der Waals surface area contributed by atoms with Gasteiger partial charge < -0.3 is 0 Å². The van der Waals surface area contributed by atoms with Crippen molar-refractivity contribution in [2.75, 3.05) is 0 Å². The molecule has 78 valence electrons. The number of halogens is 2. The van der Waals surface area contributed by atoms with E-state index in [9.17, 15) is 4.39 Å². The molecule has 0 spiro atoms. The van der Waals surface area contributed by atoms with Gasteiger partial charge in [-0.25, -0.2) is 4.39 Å². The summed E-state index contributed by atoms with van der Waals surface area (Å²) in [5.41, 5.74) is 0.723. The van der Waals surface area contributed by atoms with Crippen LogP contribution in [0.2, 0.25) is 0 Å². The molecule has 1 rings (SSSR count). The molecule has 0 N–H and O–H groups in total. The van der Waals surface area contributed by atoms with E-state index >= 15 is 0 Å². The Morgan fingerprint density at radius 1 is 1.36 bits per heavy atom. The Balaban J connectivity index is 2.78. The summed E-state index contributed by atoms with van der Waals surface area (Å²) in [5.74, 6) is -0.0698. The largest absolute Gasteiger partial charge is 0.207 e. The van der Waals surface area contributed by atoms with E-state index in [1.807, 2.05) is 19.1 Å². The van der Waals surface area contributed by atoms with Crippen LogP contribution in [0.25, 0.3) is 0 Å². The van der Waals surface area contributed by atoms with Gasteiger partial charge in [0.05, 0.1) is 0 Å². The van der Waals surface area contributed by atoms with Crippen LogP contribution >= 0.6 is 11.6 Å². The quantitative estimate of drug-likeness (QED) is 0.655. The Labute approximate surface area is 90.1 Å². The molecule has 0 radical (unpaired) electrons. The van der Waals surface area contributed by atoms with Gasteiger partial charge in [-0.05, 0) is 18.1 Å². The third kappa shape index (κ3) is 2.71. The van der Waals surface area contributed by atoms with E-state index in [-0.39, 0.29) is 17.1 Å². The molecule has 0 aromatic heterocycles. The molecule has 1 aromatic carbocycles. The van der Waals surface area contributed by atoms with E-state index < -0.39 is 0 Å². The van der Waals surface area contributed by atoms with Crippen molar-refractivity contribution in [2.45, 2.75) is 38.0 Å². The minimum Gasteiger partial charge on any atom is -0.207 e. The molecule has 0 nitrogen and oxygen atoms in total. The zero-order chi connectivity index (χ0) is 10.6. The fourth-order valence-electron chi connectivity index (χ4n) is 1.56. The molecule has 0 saturated carbocycles. The zero-order valence-electron chi connectivity index (χ0n) is 8.63. The molecular formula is C12H16ClF. The average Bonchev–Trinajstić information content (AvgIpc) is 2.18. The summed E-state index contributed by atoms with van der Waals surface area (Å²) >= 11 is 6.17. The van der Waals surface area contributed by atoms with Gasteiger partial charge in [0.15, 0.2) is 0 Å². The first kappa shape index (κ1) is 11.5. The first-order valence-corrected chi connectivity index (χ1v) is 5.49. The highest BCUT2D eigenvalue weighted by Crippen LogP contribution is 2.27. The number of rotatable bonds is 4. The fourth-order valence-corrected chi connectivity index (χ4v) is 1.92. The fraction of sp³-hybridized carbons (Fsp3) is 0.500. The molecular weight excluding hydrogens is 199 g/mol. The first-order chi connectivity index (χ1) is 6.66. The Kier molecular flexibility index (Phi) is 4.40. The molecule has 0 aliphatic rings. The maximum Gasteiger partial charge on any atom is 0.126 e. The van der Waals surface area contributed by atoms with Crippen molar-refractivity contribution in [2.24, 2.45) is 0 Å². The lowest BCUT2D eigenvalue weighted by atomic mass is 9.95. The lowest BCUT2D eigenvalue weighted by molar-refractivity contribution is 0.564.